The highest BCUT2D eigenvalue weighted by atomic mass is 16.3. The third-order valence-corrected chi connectivity index (χ3v) is 3.95. The Morgan fingerprint density at radius 2 is 2.22 bits per heavy atom. The highest BCUT2D eigenvalue weighted by Gasteiger charge is 2.31. The maximum absolute atomic E-state index is 9.54. The summed E-state index contributed by atoms with van der Waals surface area (Å²) < 4.78 is 2.20. The van der Waals surface area contributed by atoms with E-state index in [-0.39, 0.29) is 12.1 Å². The van der Waals surface area contributed by atoms with Crippen LogP contribution in [-0.4, -0.2) is 32.8 Å². The van der Waals surface area contributed by atoms with Gasteiger partial charge in [0.15, 0.2) is 0 Å². The summed E-state index contributed by atoms with van der Waals surface area (Å²) in [5, 5.41) is 13.1. The van der Waals surface area contributed by atoms with E-state index in [1.807, 2.05) is 13.3 Å². The van der Waals surface area contributed by atoms with Gasteiger partial charge in [-0.2, -0.15) is 0 Å². The summed E-state index contributed by atoms with van der Waals surface area (Å²) in [6, 6.07) is 0.638. The quantitative estimate of drug-likeness (QED) is 0.776. The van der Waals surface area contributed by atoms with Crippen molar-refractivity contribution in [3.05, 3.63) is 17.7 Å². The molecule has 1 unspecified atom stereocenters. The van der Waals surface area contributed by atoms with E-state index < -0.39 is 0 Å². The molecule has 0 aromatic carbocycles. The summed E-state index contributed by atoms with van der Waals surface area (Å²) in [5.74, 6) is 0. The van der Waals surface area contributed by atoms with Crippen LogP contribution in [0, 0.1) is 13.8 Å². The number of nitrogens with one attached hydrogen (secondary N) is 1. The first-order valence-electron chi connectivity index (χ1n) is 6.91. The summed E-state index contributed by atoms with van der Waals surface area (Å²) >= 11 is 0. The van der Waals surface area contributed by atoms with Gasteiger partial charge in [-0.1, -0.05) is 0 Å². The van der Waals surface area contributed by atoms with E-state index in [2.05, 4.69) is 28.7 Å². The fourth-order valence-electron chi connectivity index (χ4n) is 2.33. The lowest BCUT2D eigenvalue weighted by Crippen LogP contribution is -2.47. The van der Waals surface area contributed by atoms with Crippen LogP contribution in [0.4, 0.5) is 0 Å². The Bertz CT molecular complexity index is 398. The summed E-state index contributed by atoms with van der Waals surface area (Å²) in [4.78, 5) is 4.31. The molecule has 0 aliphatic heterocycles. The highest BCUT2D eigenvalue weighted by Crippen LogP contribution is 2.24. The molecule has 0 saturated heterocycles. The minimum Gasteiger partial charge on any atom is -0.394 e. The van der Waals surface area contributed by atoms with Crippen LogP contribution in [-0.2, 0) is 6.54 Å². The average Bonchev–Trinajstić information content (AvgIpc) is 3.10. The van der Waals surface area contributed by atoms with E-state index in [1.54, 1.807) is 0 Å². The molecule has 1 saturated carbocycles. The van der Waals surface area contributed by atoms with Crippen molar-refractivity contribution in [3.8, 4) is 0 Å². The summed E-state index contributed by atoms with van der Waals surface area (Å²) in [5.41, 5.74) is 2.23. The van der Waals surface area contributed by atoms with Crippen LogP contribution in [0.5, 0.6) is 0 Å². The van der Waals surface area contributed by atoms with Crippen molar-refractivity contribution in [2.45, 2.75) is 64.6 Å². The SMILES string of the molecule is Cc1ncn(CCCC(C)(CO)NC2CC2)c1C. The molecule has 1 aromatic heterocycles. The van der Waals surface area contributed by atoms with Gasteiger partial charge in [-0.05, 0) is 46.5 Å². The minimum absolute atomic E-state index is 0.120. The van der Waals surface area contributed by atoms with E-state index in [0.29, 0.717) is 6.04 Å². The summed E-state index contributed by atoms with van der Waals surface area (Å²) in [7, 11) is 0. The third-order valence-electron chi connectivity index (χ3n) is 3.95. The van der Waals surface area contributed by atoms with E-state index in [0.717, 1.165) is 25.1 Å². The zero-order chi connectivity index (χ0) is 13.2. The van der Waals surface area contributed by atoms with Gasteiger partial charge in [0.05, 0.1) is 18.6 Å². The molecular weight excluding hydrogens is 226 g/mol. The lowest BCUT2D eigenvalue weighted by Gasteiger charge is -2.29. The Morgan fingerprint density at radius 3 is 2.72 bits per heavy atom. The smallest absolute Gasteiger partial charge is 0.0951 e. The standard InChI is InChI=1S/C14H25N3O/c1-11-12(2)17(10-15-11)8-4-7-14(3,9-18)16-13-5-6-13/h10,13,16,18H,4-9H2,1-3H3. The van der Waals surface area contributed by atoms with Crippen LogP contribution in [0.3, 0.4) is 0 Å². The fourth-order valence-corrected chi connectivity index (χ4v) is 2.33. The number of aryl methyl sites for hydroxylation is 2. The Kier molecular flexibility index (Phi) is 4.07. The minimum atomic E-state index is -0.120. The summed E-state index contributed by atoms with van der Waals surface area (Å²) in [6.07, 6.45) is 6.49. The molecule has 1 atom stereocenters. The van der Waals surface area contributed by atoms with Gasteiger partial charge < -0.3 is 15.0 Å². The first-order valence-corrected chi connectivity index (χ1v) is 6.91. The fraction of sp³-hybridized carbons (Fsp3) is 0.786. The van der Waals surface area contributed by atoms with Crippen molar-refractivity contribution in [1.29, 1.82) is 0 Å². The molecule has 18 heavy (non-hydrogen) atoms. The van der Waals surface area contributed by atoms with Crippen molar-refractivity contribution in [2.24, 2.45) is 0 Å². The van der Waals surface area contributed by atoms with Gasteiger partial charge in [-0.15, -0.1) is 0 Å². The van der Waals surface area contributed by atoms with Crippen molar-refractivity contribution in [1.82, 2.24) is 14.9 Å². The van der Waals surface area contributed by atoms with Crippen molar-refractivity contribution in [2.75, 3.05) is 6.61 Å². The van der Waals surface area contributed by atoms with E-state index in [9.17, 15) is 5.11 Å². The van der Waals surface area contributed by atoms with Gasteiger partial charge >= 0.3 is 0 Å². The third kappa shape index (κ3) is 3.33. The number of nitrogens with zero attached hydrogens (tertiary/aromatic N) is 2. The lowest BCUT2D eigenvalue weighted by atomic mass is 9.96. The van der Waals surface area contributed by atoms with Gasteiger partial charge in [-0.25, -0.2) is 4.98 Å². The first-order chi connectivity index (χ1) is 8.54. The predicted octanol–water partition coefficient (Wildman–Crippen LogP) is 1.78. The second-order valence-corrected chi connectivity index (χ2v) is 5.85. The number of rotatable bonds is 7. The topological polar surface area (TPSA) is 50.1 Å². The van der Waals surface area contributed by atoms with Gasteiger partial charge in [0.2, 0.25) is 0 Å². The monoisotopic (exact) mass is 251 g/mol. The molecular formula is C14H25N3O. The molecule has 4 nitrogen and oxygen atoms in total. The van der Waals surface area contributed by atoms with E-state index in [4.69, 9.17) is 0 Å². The van der Waals surface area contributed by atoms with Gasteiger partial charge in [0.25, 0.3) is 0 Å². The van der Waals surface area contributed by atoms with Crippen LogP contribution >= 0.6 is 0 Å². The number of aromatic nitrogens is 2. The van der Waals surface area contributed by atoms with Crippen LogP contribution in [0.1, 0.15) is 44.0 Å². The second-order valence-electron chi connectivity index (χ2n) is 5.85. The van der Waals surface area contributed by atoms with Crippen LogP contribution in [0.15, 0.2) is 6.33 Å². The predicted molar refractivity (Wildman–Crippen MR) is 72.6 cm³/mol. The van der Waals surface area contributed by atoms with Gasteiger partial charge in [-0.3, -0.25) is 0 Å². The molecule has 2 rings (SSSR count). The molecule has 4 heteroatoms. The summed E-state index contributed by atoms with van der Waals surface area (Å²) in [6.45, 7) is 7.46. The maximum Gasteiger partial charge on any atom is 0.0951 e. The molecule has 0 radical (unpaired) electrons. The largest absolute Gasteiger partial charge is 0.394 e. The van der Waals surface area contributed by atoms with Crippen LogP contribution in [0.2, 0.25) is 0 Å². The Hall–Kier alpha value is -0.870. The molecule has 1 heterocycles. The lowest BCUT2D eigenvalue weighted by molar-refractivity contribution is 0.160. The van der Waals surface area contributed by atoms with Crippen LogP contribution in [0.25, 0.3) is 0 Å². The molecule has 1 aromatic rings. The molecule has 0 spiro atoms. The number of hydrogen-bond donors (Lipinski definition) is 2. The highest BCUT2D eigenvalue weighted by molar-refractivity contribution is 5.08. The molecule has 1 aliphatic carbocycles. The zero-order valence-electron chi connectivity index (χ0n) is 11.7. The normalized spacial score (nSPS) is 18.9. The van der Waals surface area contributed by atoms with Crippen LogP contribution < -0.4 is 5.32 Å². The number of imidazole rings is 1. The second kappa shape index (κ2) is 5.41. The molecule has 1 aliphatic rings. The number of aliphatic hydroxyl groups excluding tert-OH is 1. The number of hydrogen-bond acceptors (Lipinski definition) is 3. The molecule has 0 amide bonds. The zero-order valence-corrected chi connectivity index (χ0v) is 11.7. The van der Waals surface area contributed by atoms with Crippen molar-refractivity contribution in [3.63, 3.8) is 0 Å². The number of aliphatic hydroxyl groups is 1. The Labute approximate surface area is 109 Å². The Morgan fingerprint density at radius 1 is 1.50 bits per heavy atom. The van der Waals surface area contributed by atoms with Crippen molar-refractivity contribution < 1.29 is 5.11 Å². The molecule has 1 fully saturated rings. The van der Waals surface area contributed by atoms with Gasteiger partial charge in [0.1, 0.15) is 0 Å². The van der Waals surface area contributed by atoms with Crippen molar-refractivity contribution >= 4 is 0 Å². The first kappa shape index (κ1) is 13.6. The average molecular weight is 251 g/mol. The van der Waals surface area contributed by atoms with Gasteiger partial charge in [0, 0.05) is 23.8 Å². The molecule has 102 valence electrons. The van der Waals surface area contributed by atoms with E-state index >= 15 is 0 Å². The molecule has 2 N–H and O–H groups in total. The molecule has 0 bridgehead atoms. The van der Waals surface area contributed by atoms with E-state index in [1.165, 1.54) is 18.5 Å². The Balaban J connectivity index is 1.81. The maximum atomic E-state index is 9.54.